The highest BCUT2D eigenvalue weighted by atomic mass is 33.1. The molecule has 0 saturated carbocycles. The first kappa shape index (κ1) is 15.3. The van der Waals surface area contributed by atoms with Gasteiger partial charge >= 0.3 is 5.30 Å². The molecular weight excluding hydrogens is 292 g/mol. The van der Waals surface area contributed by atoms with Crippen LogP contribution in [0.4, 0.5) is 4.79 Å². The Balaban J connectivity index is 2.29. The fourth-order valence-electron chi connectivity index (χ4n) is 2.02. The molecule has 0 saturated heterocycles. The molecule has 4 nitrogen and oxygen atoms in total. The number of H-pyrrole nitrogens is 1. The van der Waals surface area contributed by atoms with Crippen molar-refractivity contribution < 1.29 is 9.53 Å². The van der Waals surface area contributed by atoms with Crippen LogP contribution in [-0.2, 0) is 6.42 Å². The summed E-state index contributed by atoms with van der Waals surface area (Å²) in [7, 11) is 6.57. The van der Waals surface area contributed by atoms with Crippen molar-refractivity contribution in [3.63, 3.8) is 0 Å². The minimum absolute atomic E-state index is 0.287. The van der Waals surface area contributed by atoms with E-state index in [0.717, 1.165) is 34.7 Å². The number of benzene rings is 1. The molecule has 2 aromatic rings. The lowest BCUT2D eigenvalue weighted by Crippen LogP contribution is -2.14. The second-order valence-corrected chi connectivity index (χ2v) is 6.98. The van der Waals surface area contributed by atoms with Crippen molar-refractivity contribution in [3.05, 3.63) is 30.0 Å². The Labute approximate surface area is 126 Å². The van der Waals surface area contributed by atoms with Gasteiger partial charge in [-0.1, -0.05) is 16.9 Å². The van der Waals surface area contributed by atoms with Gasteiger partial charge in [-0.2, -0.15) is 0 Å². The van der Waals surface area contributed by atoms with Gasteiger partial charge in [0, 0.05) is 34.4 Å². The summed E-state index contributed by atoms with van der Waals surface area (Å²) in [5.74, 6) is 0.629. The molecule has 0 amide bonds. The van der Waals surface area contributed by atoms with Gasteiger partial charge in [0.05, 0.1) is 0 Å². The summed E-state index contributed by atoms with van der Waals surface area (Å²) in [5, 5.41) is 0.717. The summed E-state index contributed by atoms with van der Waals surface area (Å²) in [6.07, 6.45) is 4.76. The number of nitrogens with one attached hydrogen (secondary N) is 1. The molecule has 0 unspecified atom stereocenters. The number of aromatic amines is 1. The van der Waals surface area contributed by atoms with Crippen LogP contribution in [0, 0.1) is 0 Å². The van der Waals surface area contributed by atoms with Crippen LogP contribution in [0.5, 0.6) is 5.75 Å². The number of hydrogen-bond donors (Lipinski definition) is 1. The molecule has 0 aliphatic rings. The van der Waals surface area contributed by atoms with E-state index in [1.807, 2.05) is 44.7 Å². The number of carbonyl (C=O) groups is 1. The summed E-state index contributed by atoms with van der Waals surface area (Å²) in [5.41, 5.74) is 2.17. The normalized spacial score (nSPS) is 11.2. The van der Waals surface area contributed by atoms with Crippen molar-refractivity contribution >= 4 is 37.8 Å². The maximum absolute atomic E-state index is 11.7. The molecule has 0 aliphatic carbocycles. The standard InChI is InChI=1S/C14H18N2O2S2/c1-16(2)8-7-10-9-15-11-5-4-6-12(13(10)11)18-14(17)20-19-3/h4-6,9,15H,7-8H2,1-3H3. The molecule has 1 N–H and O–H groups in total. The number of rotatable bonds is 5. The predicted octanol–water partition coefficient (Wildman–Crippen LogP) is 3.78. The third-order valence-corrected chi connectivity index (χ3v) is 4.22. The average molecular weight is 310 g/mol. The predicted molar refractivity (Wildman–Crippen MR) is 87.7 cm³/mol. The minimum Gasteiger partial charge on any atom is -0.417 e. The zero-order chi connectivity index (χ0) is 14.5. The molecule has 0 spiro atoms. The van der Waals surface area contributed by atoms with Crippen LogP contribution in [0.25, 0.3) is 10.9 Å². The van der Waals surface area contributed by atoms with Gasteiger partial charge in [0.2, 0.25) is 0 Å². The lowest BCUT2D eigenvalue weighted by atomic mass is 10.1. The first-order chi connectivity index (χ1) is 9.61. The number of ether oxygens (including phenoxy) is 1. The van der Waals surface area contributed by atoms with E-state index in [-0.39, 0.29) is 5.30 Å². The second kappa shape index (κ2) is 7.06. The third kappa shape index (κ3) is 3.71. The zero-order valence-corrected chi connectivity index (χ0v) is 13.4. The molecule has 1 aromatic carbocycles. The summed E-state index contributed by atoms with van der Waals surface area (Å²) in [6.45, 7) is 0.953. The number of nitrogens with zero attached hydrogens (tertiary/aromatic N) is 1. The summed E-state index contributed by atoms with van der Waals surface area (Å²) >= 11 is 0. The number of fused-ring (bicyclic) bond motifs is 1. The van der Waals surface area contributed by atoms with Crippen molar-refractivity contribution in [3.8, 4) is 5.75 Å². The molecular formula is C14H18N2O2S2. The quantitative estimate of drug-likeness (QED) is 0.672. The fraction of sp³-hybridized carbons (Fsp3) is 0.357. The molecule has 108 valence electrons. The van der Waals surface area contributed by atoms with Crippen molar-refractivity contribution in [2.24, 2.45) is 0 Å². The molecule has 20 heavy (non-hydrogen) atoms. The second-order valence-electron chi connectivity index (χ2n) is 4.65. The van der Waals surface area contributed by atoms with Crippen LogP contribution in [0.15, 0.2) is 24.4 Å². The first-order valence-electron chi connectivity index (χ1n) is 6.28. The number of aromatic nitrogens is 1. The number of hydrogen-bond acceptors (Lipinski definition) is 5. The van der Waals surface area contributed by atoms with E-state index in [1.54, 1.807) is 0 Å². The van der Waals surface area contributed by atoms with Crippen LogP contribution < -0.4 is 4.74 Å². The van der Waals surface area contributed by atoms with E-state index in [1.165, 1.54) is 16.4 Å². The lowest BCUT2D eigenvalue weighted by molar-refractivity contribution is 0.228. The Kier molecular flexibility index (Phi) is 5.39. The third-order valence-electron chi connectivity index (χ3n) is 2.92. The van der Waals surface area contributed by atoms with Crippen molar-refractivity contribution in [1.29, 1.82) is 0 Å². The van der Waals surface area contributed by atoms with Gasteiger partial charge < -0.3 is 14.6 Å². The van der Waals surface area contributed by atoms with E-state index in [4.69, 9.17) is 4.74 Å². The molecule has 2 rings (SSSR count). The SMILES string of the molecule is CSSC(=O)Oc1cccc2[nH]cc(CCN(C)C)c12. The van der Waals surface area contributed by atoms with Gasteiger partial charge in [-0.05, 0) is 44.5 Å². The van der Waals surface area contributed by atoms with Crippen molar-refractivity contribution in [1.82, 2.24) is 9.88 Å². The first-order valence-corrected chi connectivity index (χ1v) is 8.84. The van der Waals surface area contributed by atoms with Gasteiger partial charge in [0.25, 0.3) is 0 Å². The highest BCUT2D eigenvalue weighted by Gasteiger charge is 2.13. The van der Waals surface area contributed by atoms with Gasteiger partial charge in [0.1, 0.15) is 5.75 Å². The van der Waals surface area contributed by atoms with Crippen LogP contribution >= 0.6 is 21.6 Å². The molecule has 1 aromatic heterocycles. The molecule has 6 heteroatoms. The summed E-state index contributed by atoms with van der Waals surface area (Å²) < 4.78 is 5.44. The zero-order valence-electron chi connectivity index (χ0n) is 11.8. The van der Waals surface area contributed by atoms with Crippen LogP contribution in [0.2, 0.25) is 0 Å². The van der Waals surface area contributed by atoms with Crippen LogP contribution in [0.1, 0.15) is 5.56 Å². The Morgan fingerprint density at radius 3 is 2.90 bits per heavy atom. The minimum atomic E-state index is -0.287. The Morgan fingerprint density at radius 1 is 1.40 bits per heavy atom. The highest BCUT2D eigenvalue weighted by molar-refractivity contribution is 8.81. The van der Waals surface area contributed by atoms with E-state index in [2.05, 4.69) is 9.88 Å². The number of carbonyl (C=O) groups excluding carboxylic acids is 1. The Hall–Kier alpha value is -1.11. The van der Waals surface area contributed by atoms with Crippen LogP contribution in [-0.4, -0.2) is 42.1 Å². The van der Waals surface area contributed by atoms with Gasteiger partial charge in [-0.3, -0.25) is 0 Å². The van der Waals surface area contributed by atoms with Gasteiger partial charge in [-0.25, -0.2) is 4.79 Å². The van der Waals surface area contributed by atoms with Crippen molar-refractivity contribution in [2.75, 3.05) is 26.9 Å². The molecule has 0 radical (unpaired) electrons. The molecule has 0 atom stereocenters. The molecule has 1 heterocycles. The van der Waals surface area contributed by atoms with E-state index < -0.39 is 0 Å². The summed E-state index contributed by atoms with van der Waals surface area (Å²) in [6, 6.07) is 5.72. The van der Waals surface area contributed by atoms with E-state index >= 15 is 0 Å². The monoisotopic (exact) mass is 310 g/mol. The maximum Gasteiger partial charge on any atom is 0.383 e. The lowest BCUT2D eigenvalue weighted by Gasteiger charge is -2.10. The van der Waals surface area contributed by atoms with Crippen molar-refractivity contribution in [2.45, 2.75) is 6.42 Å². The largest absolute Gasteiger partial charge is 0.417 e. The summed E-state index contributed by atoms with van der Waals surface area (Å²) in [4.78, 5) is 17.0. The molecule has 0 fully saturated rings. The molecule has 0 aliphatic heterocycles. The molecule has 0 bridgehead atoms. The van der Waals surface area contributed by atoms with E-state index in [0.29, 0.717) is 5.75 Å². The fourth-order valence-corrected chi connectivity index (χ4v) is 2.79. The van der Waals surface area contributed by atoms with E-state index in [9.17, 15) is 4.79 Å². The number of likely N-dealkylation sites (N-methyl/N-ethyl adjacent to an activating group) is 1. The van der Waals surface area contributed by atoms with Crippen LogP contribution in [0.3, 0.4) is 0 Å². The topological polar surface area (TPSA) is 45.3 Å². The maximum atomic E-state index is 11.7. The Bertz CT molecular complexity index is 596. The van der Waals surface area contributed by atoms with Gasteiger partial charge in [0.15, 0.2) is 0 Å². The Morgan fingerprint density at radius 2 is 2.20 bits per heavy atom. The highest BCUT2D eigenvalue weighted by Crippen LogP contribution is 2.31. The van der Waals surface area contributed by atoms with Gasteiger partial charge in [-0.15, -0.1) is 0 Å². The average Bonchev–Trinajstić information content (AvgIpc) is 2.81. The smallest absolute Gasteiger partial charge is 0.383 e.